The van der Waals surface area contributed by atoms with E-state index >= 15 is 0 Å². The Kier molecular flexibility index (Phi) is 5.32. The van der Waals surface area contributed by atoms with Crippen molar-refractivity contribution in [1.29, 1.82) is 0 Å². The Morgan fingerprint density at radius 2 is 1.85 bits per heavy atom. The van der Waals surface area contributed by atoms with Crippen LogP contribution in [-0.2, 0) is 12.8 Å². The molecule has 4 heterocycles. The van der Waals surface area contributed by atoms with Gasteiger partial charge < -0.3 is 4.90 Å². The topological polar surface area (TPSA) is 46.3 Å². The fourth-order valence-corrected chi connectivity index (χ4v) is 7.07. The number of hydrogen-bond donors (Lipinski definition) is 0. The number of hydrogen-bond acceptors (Lipinski definition) is 7. The van der Waals surface area contributed by atoms with Crippen molar-refractivity contribution < 1.29 is 0 Å². The lowest BCUT2D eigenvalue weighted by Crippen LogP contribution is -2.31. The van der Waals surface area contributed by atoms with Gasteiger partial charge >= 0.3 is 0 Å². The molecule has 5 nitrogen and oxygen atoms in total. The lowest BCUT2D eigenvalue weighted by Gasteiger charge is -2.25. The molecule has 1 aliphatic carbocycles. The third-order valence-corrected chi connectivity index (χ3v) is 8.47. The van der Waals surface area contributed by atoms with E-state index in [2.05, 4.69) is 25.8 Å². The average Bonchev–Trinajstić information content (AvgIpc) is 3.30. The highest BCUT2D eigenvalue weighted by Gasteiger charge is 2.23. The van der Waals surface area contributed by atoms with Crippen LogP contribution in [0.1, 0.15) is 42.5 Å². The summed E-state index contributed by atoms with van der Waals surface area (Å²) < 4.78 is 3.42. The van der Waals surface area contributed by atoms with Crippen molar-refractivity contribution in [1.82, 2.24) is 24.5 Å². The molecule has 2 aliphatic rings. The van der Waals surface area contributed by atoms with E-state index in [0.29, 0.717) is 0 Å². The van der Waals surface area contributed by atoms with Gasteiger partial charge in [-0.25, -0.2) is 9.38 Å². The summed E-state index contributed by atoms with van der Waals surface area (Å²) in [7, 11) is 0. The first kappa shape index (κ1) is 18.2. The normalized spacial score (nSPS) is 18.4. The number of aryl methyl sites for hydroxylation is 2. The standard InChI is InChI=1S/C19H25N5S3/c1-25-18-20-15-13-7-3-4-8-14(13)27-16(15)17-21-22-19(24(17)18)26-12-11-23-9-5-2-6-10-23/h2-12H2,1H3. The minimum absolute atomic E-state index is 0.993. The van der Waals surface area contributed by atoms with Gasteiger partial charge in [0.2, 0.25) is 0 Å². The van der Waals surface area contributed by atoms with Crippen LogP contribution in [-0.4, -0.2) is 56.1 Å². The minimum Gasteiger partial charge on any atom is -0.303 e. The van der Waals surface area contributed by atoms with Crippen LogP contribution in [0.15, 0.2) is 10.3 Å². The van der Waals surface area contributed by atoms with E-state index in [1.165, 1.54) is 72.3 Å². The summed E-state index contributed by atoms with van der Waals surface area (Å²) >= 11 is 5.42. The summed E-state index contributed by atoms with van der Waals surface area (Å²) in [6, 6.07) is 0. The first-order valence-corrected chi connectivity index (χ1v) is 13.0. The Hall–Kier alpha value is -0.830. The zero-order valence-corrected chi connectivity index (χ0v) is 18.2. The first-order chi connectivity index (χ1) is 13.3. The number of thioether (sulfide) groups is 2. The monoisotopic (exact) mass is 419 g/mol. The molecule has 1 saturated heterocycles. The summed E-state index contributed by atoms with van der Waals surface area (Å²) in [5.41, 5.74) is 3.66. The van der Waals surface area contributed by atoms with Crippen LogP contribution in [0.5, 0.6) is 0 Å². The van der Waals surface area contributed by atoms with Crippen molar-refractivity contribution >= 4 is 50.7 Å². The molecule has 0 aromatic carbocycles. The van der Waals surface area contributed by atoms with Crippen LogP contribution in [0.3, 0.4) is 0 Å². The molecule has 0 unspecified atom stereocenters. The average molecular weight is 420 g/mol. The lowest BCUT2D eigenvalue weighted by atomic mass is 9.98. The summed E-state index contributed by atoms with van der Waals surface area (Å²) in [6.07, 6.45) is 11.1. The maximum Gasteiger partial charge on any atom is 0.197 e. The summed E-state index contributed by atoms with van der Waals surface area (Å²) in [5.74, 6) is 1.06. The van der Waals surface area contributed by atoms with Gasteiger partial charge in [0.25, 0.3) is 0 Å². The fraction of sp³-hybridized carbons (Fsp3) is 0.632. The smallest absolute Gasteiger partial charge is 0.197 e. The van der Waals surface area contributed by atoms with E-state index in [9.17, 15) is 0 Å². The molecule has 144 valence electrons. The third kappa shape index (κ3) is 3.39. The van der Waals surface area contributed by atoms with Gasteiger partial charge in [-0.1, -0.05) is 29.9 Å². The molecule has 0 saturated carbocycles. The van der Waals surface area contributed by atoms with Crippen LogP contribution in [0.4, 0.5) is 0 Å². The Balaban J connectivity index is 1.47. The predicted molar refractivity (Wildman–Crippen MR) is 116 cm³/mol. The molecule has 0 atom stereocenters. The Morgan fingerprint density at radius 1 is 1.00 bits per heavy atom. The van der Waals surface area contributed by atoms with Gasteiger partial charge in [0, 0.05) is 17.2 Å². The van der Waals surface area contributed by atoms with Gasteiger partial charge in [0.05, 0.1) is 10.2 Å². The van der Waals surface area contributed by atoms with E-state index in [1.54, 1.807) is 11.8 Å². The Labute approximate surface area is 172 Å². The second-order valence-electron chi connectivity index (χ2n) is 7.38. The molecule has 3 aromatic rings. The van der Waals surface area contributed by atoms with Crippen molar-refractivity contribution in [2.75, 3.05) is 31.6 Å². The number of piperidine rings is 1. The Morgan fingerprint density at radius 3 is 2.70 bits per heavy atom. The SMILES string of the molecule is CSc1nc2c3c(sc2c2nnc(SCCN4CCCCC4)n12)CCCC3. The highest BCUT2D eigenvalue weighted by molar-refractivity contribution is 7.99. The van der Waals surface area contributed by atoms with Gasteiger partial charge in [-0.15, -0.1) is 21.5 Å². The van der Waals surface area contributed by atoms with E-state index < -0.39 is 0 Å². The highest BCUT2D eigenvalue weighted by atomic mass is 32.2. The van der Waals surface area contributed by atoms with Crippen LogP contribution in [0.25, 0.3) is 15.9 Å². The quantitative estimate of drug-likeness (QED) is 0.448. The number of thiophene rings is 1. The zero-order chi connectivity index (χ0) is 18.2. The third-order valence-electron chi connectivity index (χ3n) is 5.65. The number of nitrogens with zero attached hydrogens (tertiary/aromatic N) is 5. The summed E-state index contributed by atoms with van der Waals surface area (Å²) in [5, 5.41) is 11.2. The number of likely N-dealkylation sites (tertiary alicyclic amines) is 1. The second-order valence-corrected chi connectivity index (χ2v) is 10.3. The molecule has 0 spiro atoms. The van der Waals surface area contributed by atoms with E-state index in [0.717, 1.165) is 34.7 Å². The number of fused-ring (bicyclic) bond motifs is 5. The maximum absolute atomic E-state index is 5.06. The molecule has 0 radical (unpaired) electrons. The van der Waals surface area contributed by atoms with Crippen LogP contribution < -0.4 is 0 Å². The van der Waals surface area contributed by atoms with Crippen molar-refractivity contribution in [3.63, 3.8) is 0 Å². The van der Waals surface area contributed by atoms with E-state index in [4.69, 9.17) is 4.98 Å². The van der Waals surface area contributed by atoms with Gasteiger partial charge in [0.15, 0.2) is 16.0 Å². The molecule has 1 aliphatic heterocycles. The molecule has 3 aromatic heterocycles. The zero-order valence-electron chi connectivity index (χ0n) is 15.7. The van der Waals surface area contributed by atoms with Crippen LogP contribution in [0.2, 0.25) is 0 Å². The summed E-state index contributed by atoms with van der Waals surface area (Å²) in [6.45, 7) is 3.64. The number of rotatable bonds is 5. The Bertz CT molecular complexity index is 957. The molecule has 0 N–H and O–H groups in total. The molecular formula is C19H25N5S3. The van der Waals surface area contributed by atoms with Gasteiger partial charge in [-0.3, -0.25) is 0 Å². The molecule has 27 heavy (non-hydrogen) atoms. The van der Waals surface area contributed by atoms with Gasteiger partial charge in [-0.05, 0) is 63.4 Å². The maximum atomic E-state index is 5.06. The first-order valence-electron chi connectivity index (χ1n) is 9.93. The molecule has 5 rings (SSSR count). The highest BCUT2D eigenvalue weighted by Crippen LogP contribution is 2.39. The largest absolute Gasteiger partial charge is 0.303 e. The van der Waals surface area contributed by atoms with E-state index in [-0.39, 0.29) is 0 Å². The molecule has 0 bridgehead atoms. The van der Waals surface area contributed by atoms with Gasteiger partial charge in [-0.2, -0.15) is 0 Å². The predicted octanol–water partition coefficient (Wildman–Crippen LogP) is 4.52. The van der Waals surface area contributed by atoms with Crippen LogP contribution >= 0.6 is 34.9 Å². The van der Waals surface area contributed by atoms with Crippen molar-refractivity contribution in [2.24, 2.45) is 0 Å². The number of aromatic nitrogens is 4. The summed E-state index contributed by atoms with van der Waals surface area (Å²) in [4.78, 5) is 9.16. The lowest BCUT2D eigenvalue weighted by molar-refractivity contribution is 0.242. The fourth-order valence-electron chi connectivity index (χ4n) is 4.23. The van der Waals surface area contributed by atoms with Crippen molar-refractivity contribution in [2.45, 2.75) is 55.3 Å². The van der Waals surface area contributed by atoms with Crippen LogP contribution in [0, 0.1) is 0 Å². The minimum atomic E-state index is 0.993. The molecular weight excluding hydrogens is 394 g/mol. The van der Waals surface area contributed by atoms with E-state index in [1.807, 2.05) is 23.1 Å². The van der Waals surface area contributed by atoms with Gasteiger partial charge in [0.1, 0.15) is 0 Å². The second kappa shape index (κ2) is 7.89. The molecule has 8 heteroatoms. The molecule has 1 fully saturated rings. The molecule has 0 amide bonds. The van der Waals surface area contributed by atoms with Crippen molar-refractivity contribution in [3.05, 3.63) is 10.4 Å². The van der Waals surface area contributed by atoms with Crippen molar-refractivity contribution in [3.8, 4) is 0 Å².